The molecular formula is C26H34ClF5N4O5S. The highest BCUT2D eigenvalue weighted by Gasteiger charge is 2.47. The quantitative estimate of drug-likeness (QED) is 0.291. The number of aliphatic hydroxyl groups is 1. The zero-order valence-corrected chi connectivity index (χ0v) is 24.8. The van der Waals surface area contributed by atoms with Crippen LogP contribution in [0.5, 0.6) is 5.75 Å². The second kappa shape index (κ2) is 13.0. The number of aliphatic hydroxyl groups excluding tert-OH is 1. The van der Waals surface area contributed by atoms with Gasteiger partial charge in [0.25, 0.3) is 5.91 Å². The molecule has 236 valence electrons. The van der Waals surface area contributed by atoms with Gasteiger partial charge in [0.15, 0.2) is 11.1 Å². The van der Waals surface area contributed by atoms with Crippen molar-refractivity contribution >= 4 is 27.5 Å². The van der Waals surface area contributed by atoms with E-state index in [0.717, 1.165) is 19.9 Å². The molecule has 0 saturated heterocycles. The van der Waals surface area contributed by atoms with Crippen molar-refractivity contribution in [1.29, 1.82) is 0 Å². The number of hydrogen-bond donors (Lipinski definition) is 3. The summed E-state index contributed by atoms with van der Waals surface area (Å²) in [7, 11) is -4.08. The van der Waals surface area contributed by atoms with E-state index in [1.807, 2.05) is 0 Å². The maximum absolute atomic E-state index is 13.4. The number of alkyl halides is 5. The minimum Gasteiger partial charge on any atom is -0.434 e. The summed E-state index contributed by atoms with van der Waals surface area (Å²) in [5, 5.41) is 21.7. The first-order valence-electron chi connectivity index (χ1n) is 13.2. The molecule has 1 aromatic carbocycles. The standard InChI is InChI=1S/C26H34ClF5N4O5S/c1-4-36-21(17-10-7-15(11-18(17)41-24(28)29)12-25(2,3)26(30,31)32)19(27)20(35-36)22(37)34-13-14-5-8-16(9-6-14)23(38)42(33,39)40/h7,10-11,14,16,23-24,38H,4-6,8-9,12-13H2,1-3H3,(H,34,37)(H2,33,39,40). The molecule has 1 atom stereocenters. The number of halogens is 6. The number of benzene rings is 1. The molecule has 16 heteroatoms. The van der Waals surface area contributed by atoms with Crippen molar-refractivity contribution in [2.45, 2.75) is 77.6 Å². The zero-order chi connectivity index (χ0) is 31.6. The molecule has 1 saturated carbocycles. The molecule has 0 radical (unpaired) electrons. The number of carbonyl (C=O) groups is 1. The van der Waals surface area contributed by atoms with Crippen molar-refractivity contribution in [1.82, 2.24) is 15.1 Å². The largest absolute Gasteiger partial charge is 0.434 e. The lowest BCUT2D eigenvalue weighted by atomic mass is 9.82. The van der Waals surface area contributed by atoms with Crippen molar-refractivity contribution in [3.05, 3.63) is 34.5 Å². The number of nitrogens with two attached hydrogens (primary N) is 1. The Bertz CT molecular complexity index is 1380. The summed E-state index contributed by atoms with van der Waals surface area (Å²) in [5.74, 6) is -1.56. The van der Waals surface area contributed by atoms with E-state index in [-0.39, 0.29) is 46.5 Å². The second-order valence-electron chi connectivity index (χ2n) is 11.1. The van der Waals surface area contributed by atoms with E-state index < -0.39 is 57.7 Å². The second-order valence-corrected chi connectivity index (χ2v) is 13.1. The van der Waals surface area contributed by atoms with E-state index in [9.17, 15) is 40.3 Å². The zero-order valence-electron chi connectivity index (χ0n) is 23.2. The SMILES string of the molecule is CCn1nc(C(=O)NCC2CCC(C(O)S(N)(=O)=O)CC2)c(Cl)c1-c1ccc(CC(C)(C)C(F)(F)F)cc1OC(F)F. The Hall–Kier alpha value is -2.49. The van der Waals surface area contributed by atoms with Crippen LogP contribution >= 0.6 is 11.6 Å². The van der Waals surface area contributed by atoms with Crippen molar-refractivity contribution in [2.24, 2.45) is 22.4 Å². The minimum absolute atomic E-state index is 0.0103. The molecule has 0 aliphatic heterocycles. The number of aromatic nitrogens is 2. The molecule has 0 spiro atoms. The number of ether oxygens (including phenoxy) is 1. The van der Waals surface area contributed by atoms with Crippen molar-refractivity contribution < 1.29 is 45.0 Å². The smallest absolute Gasteiger partial charge is 0.394 e. The van der Waals surface area contributed by atoms with Crippen LogP contribution in [0.25, 0.3) is 11.3 Å². The molecule has 1 aromatic heterocycles. The first-order valence-corrected chi connectivity index (χ1v) is 15.2. The third-order valence-electron chi connectivity index (χ3n) is 7.52. The Morgan fingerprint density at radius 3 is 2.38 bits per heavy atom. The molecule has 1 fully saturated rings. The number of rotatable bonds is 11. The molecule has 1 unspecified atom stereocenters. The molecular weight excluding hydrogens is 611 g/mol. The number of nitrogens with one attached hydrogen (secondary N) is 1. The normalized spacial score (nSPS) is 19.1. The first kappa shape index (κ1) is 34.0. The summed E-state index contributed by atoms with van der Waals surface area (Å²) < 4.78 is 95.7. The van der Waals surface area contributed by atoms with Gasteiger partial charge in [-0.1, -0.05) is 31.5 Å². The molecule has 2 aromatic rings. The molecule has 3 rings (SSSR count). The van der Waals surface area contributed by atoms with E-state index in [0.29, 0.717) is 25.7 Å². The molecule has 4 N–H and O–H groups in total. The van der Waals surface area contributed by atoms with Crippen LogP contribution in [-0.2, 0) is 23.0 Å². The van der Waals surface area contributed by atoms with Crippen LogP contribution in [0.4, 0.5) is 22.0 Å². The first-order chi connectivity index (χ1) is 19.4. The highest BCUT2D eigenvalue weighted by molar-refractivity contribution is 7.89. The number of sulfonamides is 1. The van der Waals surface area contributed by atoms with E-state index in [1.54, 1.807) is 6.92 Å². The third-order valence-corrected chi connectivity index (χ3v) is 8.94. The van der Waals surface area contributed by atoms with Gasteiger partial charge in [-0.15, -0.1) is 0 Å². The molecule has 42 heavy (non-hydrogen) atoms. The van der Waals surface area contributed by atoms with Crippen LogP contribution in [0, 0.1) is 17.3 Å². The summed E-state index contributed by atoms with van der Waals surface area (Å²) in [4.78, 5) is 13.0. The van der Waals surface area contributed by atoms with Gasteiger partial charge >= 0.3 is 12.8 Å². The van der Waals surface area contributed by atoms with Crippen LogP contribution in [0.3, 0.4) is 0 Å². The average Bonchev–Trinajstić information content (AvgIpc) is 3.21. The fourth-order valence-corrected chi connectivity index (χ4v) is 6.15. The molecule has 1 aliphatic rings. The van der Waals surface area contributed by atoms with Gasteiger partial charge in [0.2, 0.25) is 10.0 Å². The van der Waals surface area contributed by atoms with Crippen LogP contribution in [0.2, 0.25) is 5.02 Å². The maximum atomic E-state index is 13.4. The highest BCUT2D eigenvalue weighted by Crippen LogP contribution is 2.43. The Morgan fingerprint density at radius 1 is 1.24 bits per heavy atom. The van der Waals surface area contributed by atoms with E-state index in [4.69, 9.17) is 16.7 Å². The van der Waals surface area contributed by atoms with Gasteiger partial charge in [0.05, 0.1) is 16.1 Å². The summed E-state index contributed by atoms with van der Waals surface area (Å²) in [6.45, 7) is 0.789. The van der Waals surface area contributed by atoms with Gasteiger partial charge in [-0.25, -0.2) is 13.6 Å². The van der Waals surface area contributed by atoms with Gasteiger partial charge in [0.1, 0.15) is 5.75 Å². The minimum atomic E-state index is -4.53. The molecule has 0 bridgehead atoms. The van der Waals surface area contributed by atoms with Gasteiger partial charge in [-0.2, -0.15) is 27.1 Å². The predicted molar refractivity (Wildman–Crippen MR) is 145 cm³/mol. The lowest BCUT2D eigenvalue weighted by Crippen LogP contribution is -2.38. The molecule has 1 amide bonds. The Morgan fingerprint density at radius 2 is 1.86 bits per heavy atom. The van der Waals surface area contributed by atoms with E-state index in [1.165, 1.54) is 16.8 Å². The average molecular weight is 645 g/mol. The fourth-order valence-electron chi connectivity index (χ4n) is 5.01. The Kier molecular flexibility index (Phi) is 10.5. The van der Waals surface area contributed by atoms with Crippen LogP contribution in [-0.4, -0.2) is 54.0 Å². The van der Waals surface area contributed by atoms with E-state index in [2.05, 4.69) is 15.2 Å². The number of hydrogen-bond acceptors (Lipinski definition) is 6. The van der Waals surface area contributed by atoms with Crippen LogP contribution in [0.1, 0.15) is 62.5 Å². The third kappa shape index (κ3) is 7.91. The number of nitrogens with zero attached hydrogens (tertiary/aromatic N) is 2. The van der Waals surface area contributed by atoms with Crippen LogP contribution < -0.4 is 15.2 Å². The maximum Gasteiger partial charge on any atom is 0.394 e. The number of primary sulfonamides is 1. The van der Waals surface area contributed by atoms with Gasteiger partial charge in [0, 0.05) is 24.6 Å². The van der Waals surface area contributed by atoms with Crippen molar-refractivity contribution in [3.8, 4) is 17.0 Å². The lowest BCUT2D eigenvalue weighted by molar-refractivity contribution is -0.211. The summed E-state index contributed by atoms with van der Waals surface area (Å²) >= 11 is 6.54. The molecule has 9 nitrogen and oxygen atoms in total. The monoisotopic (exact) mass is 644 g/mol. The number of aryl methyl sites for hydroxylation is 1. The van der Waals surface area contributed by atoms with Crippen molar-refractivity contribution in [3.63, 3.8) is 0 Å². The predicted octanol–water partition coefficient (Wildman–Crippen LogP) is 5.10. The van der Waals surface area contributed by atoms with Gasteiger partial charge in [-0.05, 0) is 62.6 Å². The topological polar surface area (TPSA) is 137 Å². The number of amides is 1. The summed E-state index contributed by atoms with van der Waals surface area (Å²) in [5.41, 5.74) is -3.75. The van der Waals surface area contributed by atoms with Gasteiger partial charge < -0.3 is 15.2 Å². The lowest BCUT2D eigenvalue weighted by Gasteiger charge is -2.30. The summed E-state index contributed by atoms with van der Waals surface area (Å²) in [6, 6.07) is 3.76. The molecule has 1 heterocycles. The molecule has 1 aliphatic carbocycles. The fraction of sp³-hybridized carbons (Fsp3) is 0.615. The Labute approximate surface area is 245 Å². The van der Waals surface area contributed by atoms with Gasteiger partial charge in [-0.3, -0.25) is 9.48 Å². The van der Waals surface area contributed by atoms with E-state index >= 15 is 0 Å². The van der Waals surface area contributed by atoms with Crippen LogP contribution in [0.15, 0.2) is 18.2 Å². The highest BCUT2D eigenvalue weighted by atomic mass is 35.5. The van der Waals surface area contributed by atoms with Crippen molar-refractivity contribution in [2.75, 3.05) is 6.54 Å². The number of carbonyl (C=O) groups excluding carboxylic acids is 1. The summed E-state index contributed by atoms with van der Waals surface area (Å²) in [6.07, 6.45) is -3.16. The Balaban J connectivity index is 1.82.